The lowest BCUT2D eigenvalue weighted by Gasteiger charge is -2.14. The molecule has 0 aromatic carbocycles. The highest BCUT2D eigenvalue weighted by molar-refractivity contribution is 5.77. The Kier molecular flexibility index (Phi) is 5.15. The topological polar surface area (TPSA) is 55.2 Å². The summed E-state index contributed by atoms with van der Waals surface area (Å²) in [5.41, 5.74) is 0. The maximum atomic E-state index is 8.89. The number of nitrogens with zero attached hydrogens (tertiary/aromatic N) is 1. The van der Waals surface area contributed by atoms with Crippen molar-refractivity contribution < 1.29 is 14.5 Å². The average Bonchev–Trinajstić information content (AvgIpc) is 2.41. The highest BCUT2D eigenvalue weighted by Gasteiger charge is 2.19. The number of carbonyl (C=O) groups excluding carboxylic acids is 1. The van der Waals surface area contributed by atoms with Gasteiger partial charge in [-0.3, -0.25) is 9.89 Å². The van der Waals surface area contributed by atoms with Crippen molar-refractivity contribution in [3.8, 4) is 0 Å². The fourth-order valence-electron chi connectivity index (χ4n) is 2.00. The summed E-state index contributed by atoms with van der Waals surface area (Å²) in [4.78, 5) is 8.89. The predicted molar refractivity (Wildman–Crippen MR) is 56.8 cm³/mol. The Balaban J connectivity index is 0.000000245. The molecule has 86 valence electrons. The number of hydrogen-bond acceptors (Lipinski definition) is 3. The van der Waals surface area contributed by atoms with Crippen molar-refractivity contribution in [2.75, 3.05) is 19.6 Å². The minimum atomic E-state index is -1.08. The largest absolute Gasteiger partial charge is 0.550 e. The molecule has 0 atom stereocenters. The normalized spacial score (nSPS) is 20.3. The summed E-state index contributed by atoms with van der Waals surface area (Å²) in [6.45, 7) is 4.76. The molecule has 0 fully saturated rings. The lowest BCUT2D eigenvalue weighted by atomic mass is 10.1. The first-order valence-electron chi connectivity index (χ1n) is 5.72. The molecule has 2 rings (SSSR count). The van der Waals surface area contributed by atoms with Crippen molar-refractivity contribution in [2.45, 2.75) is 39.0 Å². The molecule has 0 aromatic rings. The van der Waals surface area contributed by atoms with Crippen molar-refractivity contribution in [2.24, 2.45) is 0 Å². The van der Waals surface area contributed by atoms with Crippen LogP contribution in [-0.4, -0.2) is 36.0 Å². The molecule has 0 bridgehead atoms. The summed E-state index contributed by atoms with van der Waals surface area (Å²) in [7, 11) is 0. The second-order valence-corrected chi connectivity index (χ2v) is 4.02. The van der Waals surface area contributed by atoms with Gasteiger partial charge in [0.05, 0.1) is 19.6 Å². The Morgan fingerprint density at radius 1 is 1.27 bits per heavy atom. The number of carboxylic acid groups (broad SMARTS) is 1. The third-order valence-electron chi connectivity index (χ3n) is 2.66. The van der Waals surface area contributed by atoms with Crippen molar-refractivity contribution in [3.05, 3.63) is 0 Å². The fraction of sp³-hybridized carbons (Fsp3) is 0.818. The highest BCUT2D eigenvalue weighted by atomic mass is 16.4. The van der Waals surface area contributed by atoms with E-state index in [4.69, 9.17) is 9.90 Å². The molecule has 0 saturated carbocycles. The molecule has 15 heavy (non-hydrogen) atoms. The van der Waals surface area contributed by atoms with E-state index in [2.05, 4.69) is 9.89 Å². The molecule has 0 spiro atoms. The molecule has 0 aromatic heterocycles. The van der Waals surface area contributed by atoms with E-state index in [0.29, 0.717) is 0 Å². The molecule has 0 radical (unpaired) electrons. The molecule has 4 nitrogen and oxygen atoms in total. The number of aliphatic carboxylic acids is 1. The maximum absolute atomic E-state index is 8.89. The number of carboxylic acids is 1. The van der Waals surface area contributed by atoms with E-state index in [-0.39, 0.29) is 0 Å². The second kappa shape index (κ2) is 6.43. The molecular weight excluding hydrogens is 192 g/mol. The molecular formula is C11H20N2O2. The highest BCUT2D eigenvalue weighted by Crippen LogP contribution is 2.07. The lowest BCUT2D eigenvalue weighted by molar-refractivity contribution is -0.534. The second-order valence-electron chi connectivity index (χ2n) is 4.02. The van der Waals surface area contributed by atoms with Gasteiger partial charge < -0.3 is 9.90 Å². The van der Waals surface area contributed by atoms with Crippen LogP contribution >= 0.6 is 0 Å². The van der Waals surface area contributed by atoms with Crippen LogP contribution in [0.1, 0.15) is 39.0 Å². The molecule has 4 heteroatoms. The van der Waals surface area contributed by atoms with Crippen LogP contribution in [-0.2, 0) is 4.79 Å². The lowest BCUT2D eigenvalue weighted by Crippen LogP contribution is -2.35. The molecule has 1 N–H and O–H groups in total. The van der Waals surface area contributed by atoms with Gasteiger partial charge in [-0.05, 0) is 32.6 Å². The molecule has 2 aliphatic heterocycles. The van der Waals surface area contributed by atoms with Crippen LogP contribution in [0.5, 0.6) is 0 Å². The van der Waals surface area contributed by atoms with Crippen molar-refractivity contribution in [1.82, 2.24) is 5.32 Å². The Morgan fingerprint density at radius 2 is 1.87 bits per heavy atom. The number of rotatable bonds is 0. The van der Waals surface area contributed by atoms with E-state index in [9.17, 15) is 0 Å². The fourth-order valence-corrected chi connectivity index (χ4v) is 2.00. The zero-order valence-electron chi connectivity index (χ0n) is 9.42. The standard InChI is InChI=1S/C9H16N2.C2H4O2/c1-3-7-11-8-4-2-6-10-9(11)5-1;1-2(3)4/h1-8H2;1H3,(H,3,4). The van der Waals surface area contributed by atoms with E-state index in [1.165, 1.54) is 57.6 Å². The van der Waals surface area contributed by atoms with E-state index < -0.39 is 5.97 Å². The number of hydrogen-bond donors (Lipinski definition) is 1. The Labute approximate surface area is 91.0 Å². The summed E-state index contributed by atoms with van der Waals surface area (Å²) in [6, 6.07) is 0. The van der Waals surface area contributed by atoms with E-state index >= 15 is 0 Å². The van der Waals surface area contributed by atoms with Gasteiger partial charge in [0.1, 0.15) is 0 Å². The SMILES string of the molecule is C1CC[N+]2=C(CCCC2)NC1.CC(=O)[O-]. The van der Waals surface area contributed by atoms with Gasteiger partial charge in [0, 0.05) is 12.4 Å². The van der Waals surface area contributed by atoms with Gasteiger partial charge >= 0.3 is 0 Å². The zero-order valence-corrected chi connectivity index (χ0v) is 9.42. The molecule has 0 unspecified atom stereocenters. The molecule has 0 aliphatic carbocycles. The smallest absolute Gasteiger partial charge is 0.244 e. The van der Waals surface area contributed by atoms with Gasteiger partial charge in [0.25, 0.3) is 0 Å². The Hall–Kier alpha value is -1.06. The van der Waals surface area contributed by atoms with E-state index in [0.717, 1.165) is 6.92 Å². The Bertz CT molecular complexity index is 227. The molecule has 2 aliphatic rings. The zero-order chi connectivity index (χ0) is 11.1. The van der Waals surface area contributed by atoms with Gasteiger partial charge in [-0.15, -0.1) is 0 Å². The molecule has 2 heterocycles. The minimum absolute atomic E-state index is 0.972. The van der Waals surface area contributed by atoms with Crippen LogP contribution in [0.4, 0.5) is 0 Å². The average molecular weight is 212 g/mol. The Morgan fingerprint density at radius 3 is 2.53 bits per heavy atom. The van der Waals surface area contributed by atoms with Gasteiger partial charge in [0.2, 0.25) is 5.84 Å². The first kappa shape index (κ1) is 12.0. The summed E-state index contributed by atoms with van der Waals surface area (Å²) < 4.78 is 2.54. The van der Waals surface area contributed by atoms with Crippen LogP contribution in [0, 0.1) is 0 Å². The minimum Gasteiger partial charge on any atom is -0.550 e. The van der Waals surface area contributed by atoms with Crippen LogP contribution < -0.4 is 10.4 Å². The first-order chi connectivity index (χ1) is 7.20. The van der Waals surface area contributed by atoms with Gasteiger partial charge in [-0.2, -0.15) is 0 Å². The number of amidine groups is 1. The number of carbonyl (C=O) groups is 1. The van der Waals surface area contributed by atoms with E-state index in [1.54, 1.807) is 0 Å². The summed E-state index contributed by atoms with van der Waals surface area (Å²) in [6.07, 6.45) is 6.79. The van der Waals surface area contributed by atoms with Crippen LogP contribution in [0.15, 0.2) is 0 Å². The van der Waals surface area contributed by atoms with Gasteiger partial charge in [0.15, 0.2) is 0 Å². The molecule has 0 amide bonds. The van der Waals surface area contributed by atoms with Crippen molar-refractivity contribution in [1.29, 1.82) is 0 Å². The third kappa shape index (κ3) is 4.81. The first-order valence-corrected chi connectivity index (χ1v) is 5.72. The maximum Gasteiger partial charge on any atom is 0.244 e. The van der Waals surface area contributed by atoms with Crippen LogP contribution in [0.3, 0.4) is 0 Å². The summed E-state index contributed by atoms with van der Waals surface area (Å²) in [5, 5.41) is 12.4. The van der Waals surface area contributed by atoms with Crippen molar-refractivity contribution >= 4 is 11.8 Å². The monoisotopic (exact) mass is 212 g/mol. The summed E-state index contributed by atoms with van der Waals surface area (Å²) >= 11 is 0. The summed E-state index contributed by atoms with van der Waals surface area (Å²) in [5.74, 6) is 0.439. The predicted octanol–water partition coefficient (Wildman–Crippen LogP) is -0.279. The third-order valence-corrected chi connectivity index (χ3v) is 2.66. The van der Waals surface area contributed by atoms with E-state index in [1.807, 2.05) is 0 Å². The van der Waals surface area contributed by atoms with Gasteiger partial charge in [-0.25, -0.2) is 0 Å². The molecule has 0 saturated heterocycles. The van der Waals surface area contributed by atoms with Crippen LogP contribution in [0.25, 0.3) is 0 Å². The quantitative estimate of drug-likeness (QED) is 0.562. The van der Waals surface area contributed by atoms with Crippen molar-refractivity contribution in [3.63, 3.8) is 0 Å². The van der Waals surface area contributed by atoms with Crippen LogP contribution in [0.2, 0.25) is 0 Å². The van der Waals surface area contributed by atoms with Gasteiger partial charge in [-0.1, -0.05) is 0 Å². The number of nitrogens with one attached hydrogen (secondary N) is 1.